The van der Waals surface area contributed by atoms with E-state index in [0.29, 0.717) is 6.54 Å². The van der Waals surface area contributed by atoms with Crippen molar-refractivity contribution < 1.29 is 0 Å². The van der Waals surface area contributed by atoms with Gasteiger partial charge in [0.05, 0.1) is 12.6 Å². The zero-order valence-corrected chi connectivity index (χ0v) is 10.5. The minimum atomic E-state index is 0.590. The molecule has 0 spiro atoms. The summed E-state index contributed by atoms with van der Waals surface area (Å²) < 4.78 is 0. The second-order valence-corrected chi connectivity index (χ2v) is 4.15. The number of rotatable bonds is 10. The third kappa shape index (κ3) is 9.75. The van der Waals surface area contributed by atoms with Crippen LogP contribution in [0.4, 0.5) is 0 Å². The summed E-state index contributed by atoms with van der Waals surface area (Å²) >= 11 is 0. The maximum absolute atomic E-state index is 8.58. The van der Waals surface area contributed by atoms with Crippen LogP contribution in [0.1, 0.15) is 58.8 Å². The number of nitriles is 1. The first-order chi connectivity index (χ1) is 7.35. The lowest BCUT2D eigenvalue weighted by Gasteiger charge is -2.15. The molecule has 2 heteroatoms. The Morgan fingerprint density at radius 1 is 0.933 bits per heavy atom. The van der Waals surface area contributed by atoms with Crippen molar-refractivity contribution in [2.24, 2.45) is 0 Å². The molecule has 0 radical (unpaired) electrons. The van der Waals surface area contributed by atoms with Crippen LogP contribution in [-0.4, -0.2) is 24.5 Å². The molecule has 0 aliphatic carbocycles. The first-order valence-corrected chi connectivity index (χ1v) is 6.44. The van der Waals surface area contributed by atoms with Crippen LogP contribution >= 0.6 is 0 Å². The molecule has 0 heterocycles. The van der Waals surface area contributed by atoms with Crippen LogP contribution in [0.3, 0.4) is 0 Å². The standard InChI is InChI=1S/C13H26N2/c1-3-5-6-7-8-9-10-12-15(4-2)13-11-14/h3-10,12-13H2,1-2H3. The van der Waals surface area contributed by atoms with E-state index < -0.39 is 0 Å². The highest BCUT2D eigenvalue weighted by Gasteiger charge is 1.99. The van der Waals surface area contributed by atoms with Crippen molar-refractivity contribution in [1.29, 1.82) is 5.26 Å². The highest BCUT2D eigenvalue weighted by atomic mass is 15.1. The van der Waals surface area contributed by atoms with Gasteiger partial charge < -0.3 is 0 Å². The lowest BCUT2D eigenvalue weighted by atomic mass is 10.1. The van der Waals surface area contributed by atoms with Crippen LogP contribution in [-0.2, 0) is 0 Å². The summed E-state index contributed by atoms with van der Waals surface area (Å²) in [5, 5.41) is 8.58. The van der Waals surface area contributed by atoms with Gasteiger partial charge in [0, 0.05) is 0 Å². The van der Waals surface area contributed by atoms with Gasteiger partial charge in [0.2, 0.25) is 0 Å². The van der Waals surface area contributed by atoms with E-state index in [1.165, 1.54) is 44.9 Å². The summed E-state index contributed by atoms with van der Waals surface area (Å²) in [6.45, 7) is 7.06. The van der Waals surface area contributed by atoms with E-state index in [9.17, 15) is 0 Å². The summed E-state index contributed by atoms with van der Waals surface area (Å²) in [6.07, 6.45) is 9.43. The third-order valence-electron chi connectivity index (χ3n) is 2.82. The van der Waals surface area contributed by atoms with Crippen LogP contribution in [0, 0.1) is 11.3 Å². The van der Waals surface area contributed by atoms with Crippen LogP contribution in [0.5, 0.6) is 0 Å². The maximum Gasteiger partial charge on any atom is 0.0865 e. The van der Waals surface area contributed by atoms with Gasteiger partial charge in [-0.3, -0.25) is 4.90 Å². The summed E-state index contributed by atoms with van der Waals surface area (Å²) in [7, 11) is 0. The molecule has 0 amide bonds. The zero-order chi connectivity index (χ0) is 11.4. The molecule has 15 heavy (non-hydrogen) atoms. The van der Waals surface area contributed by atoms with Gasteiger partial charge in [0.1, 0.15) is 0 Å². The van der Waals surface area contributed by atoms with Crippen molar-refractivity contribution in [3.63, 3.8) is 0 Å². The first-order valence-electron chi connectivity index (χ1n) is 6.44. The molecule has 0 aromatic rings. The van der Waals surface area contributed by atoms with Crippen molar-refractivity contribution in [2.45, 2.75) is 58.8 Å². The number of hydrogen-bond donors (Lipinski definition) is 0. The van der Waals surface area contributed by atoms with Crippen molar-refractivity contribution in [1.82, 2.24) is 4.90 Å². The molecule has 0 rings (SSSR count). The molecule has 2 nitrogen and oxygen atoms in total. The van der Waals surface area contributed by atoms with Crippen LogP contribution < -0.4 is 0 Å². The predicted octanol–water partition coefficient (Wildman–Crippen LogP) is 3.58. The Hall–Kier alpha value is -0.550. The van der Waals surface area contributed by atoms with E-state index in [4.69, 9.17) is 5.26 Å². The minimum absolute atomic E-state index is 0.590. The highest BCUT2D eigenvalue weighted by Crippen LogP contribution is 2.07. The Bertz CT molecular complexity index is 160. The van der Waals surface area contributed by atoms with Gasteiger partial charge in [-0.2, -0.15) is 5.26 Å². The molecule has 0 aromatic heterocycles. The molecule has 0 saturated carbocycles. The molecule has 0 N–H and O–H groups in total. The predicted molar refractivity (Wildman–Crippen MR) is 65.7 cm³/mol. The normalized spacial score (nSPS) is 10.5. The van der Waals surface area contributed by atoms with E-state index >= 15 is 0 Å². The molecule has 0 bridgehead atoms. The molecule has 0 aliphatic heterocycles. The van der Waals surface area contributed by atoms with E-state index in [2.05, 4.69) is 24.8 Å². The molecule has 0 fully saturated rings. The third-order valence-corrected chi connectivity index (χ3v) is 2.82. The van der Waals surface area contributed by atoms with Gasteiger partial charge >= 0.3 is 0 Å². The number of nitrogens with zero attached hydrogens (tertiary/aromatic N) is 2. The van der Waals surface area contributed by atoms with Gasteiger partial charge in [0.25, 0.3) is 0 Å². The van der Waals surface area contributed by atoms with Crippen molar-refractivity contribution in [3.05, 3.63) is 0 Å². The second kappa shape index (κ2) is 11.5. The average molecular weight is 210 g/mol. The average Bonchev–Trinajstić information content (AvgIpc) is 2.26. The van der Waals surface area contributed by atoms with E-state index in [1.54, 1.807) is 0 Å². The van der Waals surface area contributed by atoms with Crippen LogP contribution in [0.15, 0.2) is 0 Å². The van der Waals surface area contributed by atoms with Gasteiger partial charge in [0.15, 0.2) is 0 Å². The number of hydrogen-bond acceptors (Lipinski definition) is 2. The fourth-order valence-corrected chi connectivity index (χ4v) is 1.74. The lowest BCUT2D eigenvalue weighted by Crippen LogP contribution is -2.24. The second-order valence-electron chi connectivity index (χ2n) is 4.15. The lowest BCUT2D eigenvalue weighted by molar-refractivity contribution is 0.312. The fourth-order valence-electron chi connectivity index (χ4n) is 1.74. The van der Waals surface area contributed by atoms with E-state index in [0.717, 1.165) is 13.1 Å². The number of unbranched alkanes of at least 4 members (excludes halogenated alkanes) is 6. The Balaban J connectivity index is 3.18. The van der Waals surface area contributed by atoms with Gasteiger partial charge in [-0.25, -0.2) is 0 Å². The quantitative estimate of drug-likeness (QED) is 0.407. The van der Waals surface area contributed by atoms with Gasteiger partial charge in [-0.15, -0.1) is 0 Å². The fraction of sp³-hybridized carbons (Fsp3) is 0.923. The Labute approximate surface area is 95.3 Å². The summed E-state index contributed by atoms with van der Waals surface area (Å²) in [5.74, 6) is 0. The molecule has 0 unspecified atom stereocenters. The molecule has 0 aromatic carbocycles. The highest BCUT2D eigenvalue weighted by molar-refractivity contribution is 4.75. The summed E-state index contributed by atoms with van der Waals surface area (Å²) in [5.41, 5.74) is 0. The Morgan fingerprint density at radius 3 is 2.07 bits per heavy atom. The Morgan fingerprint density at radius 2 is 1.53 bits per heavy atom. The van der Waals surface area contributed by atoms with Crippen LogP contribution in [0.25, 0.3) is 0 Å². The SMILES string of the molecule is CCCCCCCCCN(CC)CC#N. The maximum atomic E-state index is 8.58. The van der Waals surface area contributed by atoms with E-state index in [-0.39, 0.29) is 0 Å². The van der Waals surface area contributed by atoms with Crippen molar-refractivity contribution in [3.8, 4) is 6.07 Å². The molecular formula is C13H26N2. The van der Waals surface area contributed by atoms with Crippen molar-refractivity contribution in [2.75, 3.05) is 19.6 Å². The molecule has 88 valence electrons. The molecule has 0 saturated heterocycles. The Kier molecular flexibility index (Phi) is 11.1. The van der Waals surface area contributed by atoms with Crippen LogP contribution in [0.2, 0.25) is 0 Å². The largest absolute Gasteiger partial charge is 0.291 e. The molecule has 0 atom stereocenters. The summed E-state index contributed by atoms with van der Waals surface area (Å²) in [6, 6.07) is 2.21. The van der Waals surface area contributed by atoms with E-state index in [1.807, 2.05) is 0 Å². The van der Waals surface area contributed by atoms with Gasteiger partial charge in [-0.1, -0.05) is 52.4 Å². The zero-order valence-electron chi connectivity index (χ0n) is 10.5. The summed E-state index contributed by atoms with van der Waals surface area (Å²) in [4.78, 5) is 2.21. The van der Waals surface area contributed by atoms with Crippen molar-refractivity contribution >= 4 is 0 Å². The topological polar surface area (TPSA) is 27.0 Å². The minimum Gasteiger partial charge on any atom is -0.291 e. The molecular weight excluding hydrogens is 184 g/mol. The molecule has 0 aliphatic rings. The monoisotopic (exact) mass is 210 g/mol. The smallest absolute Gasteiger partial charge is 0.0865 e. The van der Waals surface area contributed by atoms with Gasteiger partial charge in [-0.05, 0) is 19.5 Å². The first kappa shape index (κ1) is 14.5.